The van der Waals surface area contributed by atoms with Crippen LogP contribution in [0, 0.1) is 0 Å². The number of hydrogen-bond donors (Lipinski definition) is 0. The Hall–Kier alpha value is -1.34. The van der Waals surface area contributed by atoms with Gasteiger partial charge in [0.05, 0.1) is 0 Å². The lowest BCUT2D eigenvalue weighted by Gasteiger charge is -2.34. The molecular weight excluding hydrogens is 494 g/mol. The molecule has 30 heavy (non-hydrogen) atoms. The first kappa shape index (κ1) is 30.9. The summed E-state index contributed by atoms with van der Waals surface area (Å²) < 4.78 is 218. The summed E-state index contributed by atoms with van der Waals surface area (Å²) in [7, 11) is -0.299. The van der Waals surface area contributed by atoms with Crippen molar-refractivity contribution in [2.24, 2.45) is 0 Å². The maximum atomic E-state index is 12.5. The van der Waals surface area contributed by atoms with Crippen LogP contribution in [-0.2, 0) is 9.47 Å². The quantitative estimate of drug-likeness (QED) is 0.424. The summed E-state index contributed by atoms with van der Waals surface area (Å²) >= 11 is 0. The summed E-state index contributed by atoms with van der Waals surface area (Å²) in [4.78, 5) is 0. The van der Waals surface area contributed by atoms with Crippen LogP contribution < -0.4 is 0 Å². The second kappa shape index (κ2) is 8.30. The molecule has 0 aliphatic carbocycles. The highest BCUT2D eigenvalue weighted by Gasteiger charge is 2.85. The molecule has 0 fully saturated rings. The Balaban J connectivity index is 0. The Labute approximate surface area is 152 Å². The third-order valence-electron chi connectivity index (χ3n) is 2.81. The number of ether oxygens (including phenoxy) is 2. The molecule has 0 atom stereocenters. The van der Waals surface area contributed by atoms with Crippen molar-refractivity contribution in [2.45, 2.75) is 48.3 Å². The molecule has 0 aromatic rings. The first-order valence-corrected chi connectivity index (χ1v) is 6.13. The van der Waals surface area contributed by atoms with Crippen LogP contribution in [0.3, 0.4) is 0 Å². The minimum atomic E-state index is -6.89. The van der Waals surface area contributed by atoms with E-state index in [-0.39, 0.29) is 14.2 Å². The van der Waals surface area contributed by atoms with Crippen LogP contribution >= 0.6 is 0 Å². The zero-order valence-corrected chi connectivity index (χ0v) is 13.6. The van der Waals surface area contributed by atoms with E-state index in [1.807, 2.05) is 0 Å². The molecule has 0 rings (SSSR count). The molecule has 0 aromatic heterocycles. The summed E-state index contributed by atoms with van der Waals surface area (Å²) in [6, 6.07) is 0. The van der Waals surface area contributed by atoms with Crippen LogP contribution in [0.2, 0.25) is 0 Å². The molecule has 0 saturated heterocycles. The van der Waals surface area contributed by atoms with Crippen LogP contribution in [0.1, 0.15) is 0 Å². The standard InChI is InChI=1S/2C5H3F9O/c1-15-5(13,14)3(8,9)2(6,7)4(10,11)12;1-15-5(13,14)2(6,3(7,8)9)4(10,11)12/h2*1H3. The topological polar surface area (TPSA) is 18.5 Å². The van der Waals surface area contributed by atoms with Gasteiger partial charge in [-0.3, -0.25) is 0 Å². The molecule has 0 N–H and O–H groups in total. The van der Waals surface area contributed by atoms with Gasteiger partial charge in [-0.1, -0.05) is 0 Å². The van der Waals surface area contributed by atoms with Crippen LogP contribution in [0.4, 0.5) is 79.0 Å². The minimum absolute atomic E-state index is 0.125. The molecular formula is C10H6F18O2. The maximum absolute atomic E-state index is 12.5. The number of rotatable bonds is 5. The lowest BCUT2D eigenvalue weighted by atomic mass is 10.0. The van der Waals surface area contributed by atoms with Crippen LogP contribution in [0.15, 0.2) is 0 Å². The summed E-state index contributed by atoms with van der Waals surface area (Å²) in [5, 5.41) is 0. The molecule has 184 valence electrons. The SMILES string of the molecule is COC(F)(F)C(F)(C(F)(F)F)C(F)(F)F.COC(F)(F)C(F)(F)C(F)(F)C(F)(F)F. The van der Waals surface area contributed by atoms with Gasteiger partial charge in [0.15, 0.2) is 0 Å². The van der Waals surface area contributed by atoms with E-state index >= 15 is 0 Å². The van der Waals surface area contributed by atoms with Gasteiger partial charge in [0.2, 0.25) is 0 Å². The minimum Gasteiger partial charge on any atom is -0.321 e. The molecule has 0 amide bonds. The number of methoxy groups -OCH3 is 2. The predicted molar refractivity (Wildman–Crippen MR) is 55.8 cm³/mol. The van der Waals surface area contributed by atoms with Gasteiger partial charge in [-0.05, 0) is 0 Å². The first-order chi connectivity index (χ1) is 12.6. The summed E-state index contributed by atoms with van der Waals surface area (Å²) in [5.41, 5.74) is -6.73. The van der Waals surface area contributed by atoms with Gasteiger partial charge in [-0.2, -0.15) is 74.6 Å². The van der Waals surface area contributed by atoms with E-state index in [0.29, 0.717) is 0 Å². The van der Waals surface area contributed by atoms with E-state index < -0.39 is 48.3 Å². The third-order valence-corrected chi connectivity index (χ3v) is 2.81. The molecule has 20 heteroatoms. The second-order valence-corrected chi connectivity index (χ2v) is 4.74. The number of alkyl halides is 18. The van der Waals surface area contributed by atoms with Crippen LogP contribution in [-0.4, -0.2) is 62.5 Å². The Morgan fingerprint density at radius 1 is 0.367 bits per heavy atom. The molecule has 0 aliphatic rings. The van der Waals surface area contributed by atoms with E-state index in [1.54, 1.807) is 0 Å². The fourth-order valence-corrected chi connectivity index (χ4v) is 1.12. The smallest absolute Gasteiger partial charge is 0.321 e. The first-order valence-electron chi connectivity index (χ1n) is 6.13. The predicted octanol–water partition coefficient (Wildman–Crippen LogP) is 6.12. The molecule has 0 radical (unpaired) electrons. The molecule has 0 heterocycles. The van der Waals surface area contributed by atoms with E-state index in [0.717, 1.165) is 0 Å². The fourth-order valence-electron chi connectivity index (χ4n) is 1.12. The highest BCUT2D eigenvalue weighted by Crippen LogP contribution is 2.55. The summed E-state index contributed by atoms with van der Waals surface area (Å²) in [6.45, 7) is 0. The Morgan fingerprint density at radius 3 is 0.767 bits per heavy atom. The van der Waals surface area contributed by atoms with Crippen molar-refractivity contribution in [1.82, 2.24) is 0 Å². The van der Waals surface area contributed by atoms with Crippen molar-refractivity contribution in [3.63, 3.8) is 0 Å². The Morgan fingerprint density at radius 2 is 0.633 bits per heavy atom. The average Bonchev–Trinajstić information content (AvgIpc) is 2.50. The average molecular weight is 500 g/mol. The summed E-state index contributed by atoms with van der Waals surface area (Å²) in [6.07, 6.45) is -32.5. The number of hydrogen-bond acceptors (Lipinski definition) is 2. The van der Waals surface area contributed by atoms with E-state index in [2.05, 4.69) is 9.47 Å². The maximum Gasteiger partial charge on any atom is 0.460 e. The largest absolute Gasteiger partial charge is 0.460 e. The Kier molecular flexibility index (Phi) is 8.54. The normalized spacial score (nSPS) is 15.6. The van der Waals surface area contributed by atoms with Gasteiger partial charge < -0.3 is 9.47 Å². The van der Waals surface area contributed by atoms with Gasteiger partial charge in [-0.15, -0.1) is 0 Å². The van der Waals surface area contributed by atoms with Crippen molar-refractivity contribution >= 4 is 0 Å². The zero-order chi connectivity index (χ0) is 25.4. The van der Waals surface area contributed by atoms with Crippen LogP contribution in [0.25, 0.3) is 0 Å². The van der Waals surface area contributed by atoms with Crippen molar-refractivity contribution in [3.05, 3.63) is 0 Å². The van der Waals surface area contributed by atoms with Gasteiger partial charge in [0, 0.05) is 14.2 Å². The lowest BCUT2D eigenvalue weighted by molar-refractivity contribution is -0.445. The molecule has 0 unspecified atom stereocenters. The van der Waals surface area contributed by atoms with Crippen molar-refractivity contribution in [3.8, 4) is 0 Å². The highest BCUT2D eigenvalue weighted by atomic mass is 19.4. The molecule has 0 spiro atoms. The molecule has 0 saturated carbocycles. The molecule has 0 bridgehead atoms. The monoisotopic (exact) mass is 500 g/mol. The van der Waals surface area contributed by atoms with E-state index in [9.17, 15) is 79.0 Å². The van der Waals surface area contributed by atoms with Gasteiger partial charge >= 0.3 is 48.3 Å². The fraction of sp³-hybridized carbons (Fsp3) is 1.00. The van der Waals surface area contributed by atoms with Crippen LogP contribution in [0.5, 0.6) is 0 Å². The van der Waals surface area contributed by atoms with Crippen molar-refractivity contribution in [1.29, 1.82) is 0 Å². The van der Waals surface area contributed by atoms with E-state index in [4.69, 9.17) is 0 Å². The Bertz CT molecular complexity index is 541. The number of halogens is 18. The van der Waals surface area contributed by atoms with Crippen molar-refractivity contribution in [2.75, 3.05) is 14.2 Å². The highest BCUT2D eigenvalue weighted by molar-refractivity contribution is 5.01. The van der Waals surface area contributed by atoms with Gasteiger partial charge in [0.1, 0.15) is 0 Å². The zero-order valence-electron chi connectivity index (χ0n) is 13.6. The molecule has 0 aliphatic heterocycles. The third kappa shape index (κ3) is 5.10. The van der Waals surface area contributed by atoms with Crippen molar-refractivity contribution < 1.29 is 88.5 Å². The van der Waals surface area contributed by atoms with E-state index in [1.165, 1.54) is 0 Å². The molecule has 2 nitrogen and oxygen atoms in total. The lowest BCUT2D eigenvalue weighted by Crippen LogP contribution is -2.65. The second-order valence-electron chi connectivity index (χ2n) is 4.74. The summed E-state index contributed by atoms with van der Waals surface area (Å²) in [5.74, 6) is -13.6. The van der Waals surface area contributed by atoms with Gasteiger partial charge in [-0.25, -0.2) is 4.39 Å². The molecule has 0 aromatic carbocycles. The van der Waals surface area contributed by atoms with Gasteiger partial charge in [0.25, 0.3) is 0 Å².